The number of Topliss-reactive ketones (excluding diaryl/α,β-unsaturated/α-hetero) is 1. The first-order valence-electron chi connectivity index (χ1n) is 6.92. The molecule has 0 radical (unpaired) electrons. The molecule has 1 saturated carbocycles. The molecule has 0 aromatic carbocycles. The number of hydrogen-bond donors (Lipinski definition) is 1. The van der Waals surface area contributed by atoms with Crippen molar-refractivity contribution in [3.63, 3.8) is 0 Å². The Hall–Kier alpha value is -2.44. The number of amides is 1. The van der Waals surface area contributed by atoms with E-state index in [2.05, 4.69) is 15.5 Å². The third-order valence-electron chi connectivity index (χ3n) is 3.55. The lowest BCUT2D eigenvalue weighted by Gasteiger charge is -2.00. The van der Waals surface area contributed by atoms with Crippen molar-refractivity contribution in [3.05, 3.63) is 35.9 Å². The van der Waals surface area contributed by atoms with Crippen molar-refractivity contribution >= 4 is 11.7 Å². The molecule has 0 aliphatic heterocycles. The smallest absolute Gasteiger partial charge is 0.296 e. The number of aromatic nitrogens is 2. The summed E-state index contributed by atoms with van der Waals surface area (Å²) in [5, 5.41) is 6.28. The summed E-state index contributed by atoms with van der Waals surface area (Å²) in [6.45, 7) is 0.0570. The lowest BCUT2D eigenvalue weighted by atomic mass is 10.1. The van der Waals surface area contributed by atoms with E-state index in [9.17, 15) is 9.59 Å². The molecule has 1 fully saturated rings. The Morgan fingerprint density at radius 3 is 2.86 bits per heavy atom. The van der Waals surface area contributed by atoms with Crippen LogP contribution in [0, 0.1) is 0 Å². The Balaban J connectivity index is 1.55. The molecular formula is C14H15N3O4. The van der Waals surface area contributed by atoms with Crippen LogP contribution in [-0.4, -0.2) is 21.8 Å². The van der Waals surface area contributed by atoms with Crippen LogP contribution in [0.1, 0.15) is 53.9 Å². The highest BCUT2D eigenvalue weighted by Gasteiger charge is 2.23. The van der Waals surface area contributed by atoms with Crippen molar-refractivity contribution < 1.29 is 18.5 Å². The third kappa shape index (κ3) is 3.01. The number of furan rings is 1. The Kier molecular flexibility index (Phi) is 3.81. The number of rotatable bonds is 5. The lowest BCUT2D eigenvalue weighted by molar-refractivity contribution is -0.117. The molecule has 0 saturated heterocycles. The molecule has 2 heterocycles. The highest BCUT2D eigenvalue weighted by Crippen LogP contribution is 2.32. The van der Waals surface area contributed by atoms with Gasteiger partial charge in [-0.3, -0.25) is 9.59 Å². The van der Waals surface area contributed by atoms with Crippen LogP contribution >= 0.6 is 0 Å². The first-order valence-corrected chi connectivity index (χ1v) is 6.92. The predicted octanol–water partition coefficient (Wildman–Crippen LogP) is 1.82. The number of carbonyl (C=O) groups is 2. The largest absolute Gasteiger partial charge is 0.461 e. The quantitative estimate of drug-likeness (QED) is 0.666. The number of nitrogens with zero attached hydrogens (tertiary/aromatic N) is 2. The molecule has 110 valence electrons. The fourth-order valence-electron chi connectivity index (χ4n) is 2.44. The van der Waals surface area contributed by atoms with Crippen molar-refractivity contribution in [2.24, 2.45) is 0 Å². The van der Waals surface area contributed by atoms with Gasteiger partial charge in [-0.15, -0.1) is 0 Å². The van der Waals surface area contributed by atoms with Gasteiger partial charge in [-0.1, -0.05) is 18.0 Å². The molecule has 7 heteroatoms. The fourth-order valence-corrected chi connectivity index (χ4v) is 2.44. The SMILES string of the molecule is O=C(NCc1noc(C2CCCC2)n1)C(=O)c1ccco1. The van der Waals surface area contributed by atoms with E-state index in [1.54, 1.807) is 6.07 Å². The minimum Gasteiger partial charge on any atom is -0.461 e. The van der Waals surface area contributed by atoms with E-state index in [4.69, 9.17) is 8.94 Å². The van der Waals surface area contributed by atoms with Crippen molar-refractivity contribution in [1.29, 1.82) is 0 Å². The van der Waals surface area contributed by atoms with Crippen molar-refractivity contribution in [3.8, 4) is 0 Å². The van der Waals surface area contributed by atoms with Gasteiger partial charge in [0.2, 0.25) is 5.89 Å². The zero-order chi connectivity index (χ0) is 14.7. The standard InChI is InChI=1S/C14H15N3O4/c18-12(10-6-3-7-20-10)13(19)15-8-11-16-14(21-17-11)9-4-1-2-5-9/h3,6-7,9H,1-2,4-5,8H2,(H,15,19). The fraction of sp³-hybridized carbons (Fsp3) is 0.429. The number of ketones is 1. The minimum absolute atomic E-state index is 0.00672. The lowest BCUT2D eigenvalue weighted by Crippen LogP contribution is -2.30. The predicted molar refractivity (Wildman–Crippen MR) is 70.4 cm³/mol. The molecule has 1 N–H and O–H groups in total. The van der Waals surface area contributed by atoms with Crippen LogP contribution in [0.4, 0.5) is 0 Å². The topological polar surface area (TPSA) is 98.2 Å². The molecule has 2 aromatic heterocycles. The average Bonchev–Trinajstić information content (AvgIpc) is 3.25. The van der Waals surface area contributed by atoms with Gasteiger partial charge in [-0.05, 0) is 25.0 Å². The van der Waals surface area contributed by atoms with Gasteiger partial charge < -0.3 is 14.3 Å². The average molecular weight is 289 g/mol. The van der Waals surface area contributed by atoms with E-state index < -0.39 is 11.7 Å². The molecule has 1 aliphatic rings. The van der Waals surface area contributed by atoms with Gasteiger partial charge in [0.15, 0.2) is 11.6 Å². The Morgan fingerprint density at radius 1 is 1.33 bits per heavy atom. The number of nitrogens with one attached hydrogen (secondary N) is 1. The second kappa shape index (κ2) is 5.90. The molecule has 0 spiro atoms. The summed E-state index contributed by atoms with van der Waals surface area (Å²) in [4.78, 5) is 27.6. The van der Waals surface area contributed by atoms with E-state index in [-0.39, 0.29) is 12.3 Å². The maximum Gasteiger partial charge on any atom is 0.296 e. The summed E-state index contributed by atoms with van der Waals surface area (Å²) in [6, 6.07) is 2.99. The zero-order valence-electron chi connectivity index (χ0n) is 11.4. The van der Waals surface area contributed by atoms with E-state index in [0.29, 0.717) is 17.6 Å². The van der Waals surface area contributed by atoms with Crippen LogP contribution in [0.2, 0.25) is 0 Å². The monoisotopic (exact) mass is 289 g/mol. The number of carbonyl (C=O) groups excluding carboxylic acids is 2. The van der Waals surface area contributed by atoms with E-state index in [1.165, 1.54) is 25.2 Å². The first-order chi connectivity index (χ1) is 10.2. The minimum atomic E-state index is -0.753. The molecule has 21 heavy (non-hydrogen) atoms. The third-order valence-corrected chi connectivity index (χ3v) is 3.55. The Labute approximate surface area is 120 Å². The van der Waals surface area contributed by atoms with Gasteiger partial charge >= 0.3 is 0 Å². The van der Waals surface area contributed by atoms with Crippen LogP contribution < -0.4 is 5.32 Å². The van der Waals surface area contributed by atoms with Crippen molar-refractivity contribution in [1.82, 2.24) is 15.5 Å². The molecule has 0 atom stereocenters. The molecule has 3 rings (SSSR count). The van der Waals surface area contributed by atoms with E-state index >= 15 is 0 Å². The van der Waals surface area contributed by atoms with Crippen LogP contribution in [0.15, 0.2) is 27.3 Å². The summed E-state index contributed by atoms with van der Waals surface area (Å²) in [5.41, 5.74) is 0. The van der Waals surface area contributed by atoms with Gasteiger partial charge in [0, 0.05) is 5.92 Å². The summed E-state index contributed by atoms with van der Waals surface area (Å²) >= 11 is 0. The Bertz CT molecular complexity index is 626. The Morgan fingerprint density at radius 2 is 2.14 bits per heavy atom. The van der Waals surface area contributed by atoms with E-state index in [0.717, 1.165) is 12.8 Å². The first kappa shape index (κ1) is 13.5. The summed E-state index contributed by atoms with van der Waals surface area (Å²) < 4.78 is 10.1. The molecular weight excluding hydrogens is 274 g/mol. The second-order valence-corrected chi connectivity index (χ2v) is 5.02. The summed E-state index contributed by atoms with van der Waals surface area (Å²) in [7, 11) is 0. The molecule has 0 bridgehead atoms. The zero-order valence-corrected chi connectivity index (χ0v) is 11.4. The van der Waals surface area contributed by atoms with Crippen molar-refractivity contribution in [2.75, 3.05) is 0 Å². The van der Waals surface area contributed by atoms with Crippen LogP contribution in [0.25, 0.3) is 0 Å². The highest BCUT2D eigenvalue weighted by atomic mass is 16.5. The van der Waals surface area contributed by atoms with Crippen LogP contribution in [0.3, 0.4) is 0 Å². The summed E-state index contributed by atoms with van der Waals surface area (Å²) in [6.07, 6.45) is 5.82. The van der Waals surface area contributed by atoms with Crippen molar-refractivity contribution in [2.45, 2.75) is 38.1 Å². The highest BCUT2D eigenvalue weighted by molar-refractivity contribution is 6.41. The van der Waals surface area contributed by atoms with Gasteiger partial charge in [-0.25, -0.2) is 0 Å². The molecule has 7 nitrogen and oxygen atoms in total. The maximum atomic E-state index is 11.7. The van der Waals surface area contributed by atoms with E-state index in [1.807, 2.05) is 0 Å². The van der Waals surface area contributed by atoms with Crippen LogP contribution in [-0.2, 0) is 11.3 Å². The van der Waals surface area contributed by atoms with Gasteiger partial charge in [0.1, 0.15) is 0 Å². The summed E-state index contributed by atoms with van der Waals surface area (Å²) in [5.74, 6) is -0.151. The second-order valence-electron chi connectivity index (χ2n) is 5.02. The molecule has 1 amide bonds. The van der Waals surface area contributed by atoms with Gasteiger partial charge in [0.05, 0.1) is 12.8 Å². The molecule has 2 aromatic rings. The molecule has 0 unspecified atom stereocenters. The van der Waals surface area contributed by atoms with Gasteiger partial charge in [-0.2, -0.15) is 4.98 Å². The van der Waals surface area contributed by atoms with Gasteiger partial charge in [0.25, 0.3) is 11.7 Å². The maximum absolute atomic E-state index is 11.7. The normalized spacial score (nSPS) is 15.2. The molecule has 1 aliphatic carbocycles. The van der Waals surface area contributed by atoms with Crippen LogP contribution in [0.5, 0.6) is 0 Å². The number of hydrogen-bond acceptors (Lipinski definition) is 6.